The lowest BCUT2D eigenvalue weighted by Gasteiger charge is -2.17. The first-order chi connectivity index (χ1) is 11.6. The van der Waals surface area contributed by atoms with E-state index in [-0.39, 0.29) is 0 Å². The molecule has 0 amide bonds. The second-order valence-corrected chi connectivity index (χ2v) is 7.61. The molecule has 1 aromatic carbocycles. The second kappa shape index (κ2) is 9.71. The summed E-state index contributed by atoms with van der Waals surface area (Å²) in [5.74, 6) is 0.720. The zero-order valence-electron chi connectivity index (χ0n) is 16.0. The van der Waals surface area contributed by atoms with E-state index in [1.165, 1.54) is 55.2 Å². The highest BCUT2D eigenvalue weighted by molar-refractivity contribution is 5.64. The Kier molecular flexibility index (Phi) is 7.62. The molecule has 1 unspecified atom stereocenters. The fraction of sp³-hybridized carbons (Fsp3) is 0.565. The molecule has 24 heavy (non-hydrogen) atoms. The molecule has 0 fully saturated rings. The molecule has 1 aliphatic rings. The van der Waals surface area contributed by atoms with E-state index in [1.54, 1.807) is 11.1 Å². The summed E-state index contributed by atoms with van der Waals surface area (Å²) in [6, 6.07) is 6.93. The van der Waals surface area contributed by atoms with Crippen molar-refractivity contribution < 1.29 is 4.74 Å². The van der Waals surface area contributed by atoms with Gasteiger partial charge in [-0.1, -0.05) is 36.8 Å². The van der Waals surface area contributed by atoms with Crippen molar-refractivity contribution >= 4 is 5.57 Å². The van der Waals surface area contributed by atoms with Gasteiger partial charge in [0.15, 0.2) is 0 Å². The maximum atomic E-state index is 5.81. The Morgan fingerprint density at radius 2 is 1.83 bits per heavy atom. The Morgan fingerprint density at radius 1 is 1.08 bits per heavy atom. The third kappa shape index (κ3) is 6.19. The van der Waals surface area contributed by atoms with Crippen molar-refractivity contribution in [2.75, 3.05) is 6.61 Å². The normalized spacial score (nSPS) is 15.6. The summed E-state index contributed by atoms with van der Waals surface area (Å²) in [6.07, 6.45) is 13.0. The molecule has 1 aliphatic carbocycles. The second-order valence-electron chi connectivity index (χ2n) is 7.61. The van der Waals surface area contributed by atoms with Crippen molar-refractivity contribution in [3.63, 3.8) is 0 Å². The number of benzene rings is 1. The number of fused-ring (bicyclic) bond motifs is 1. The molecular formula is C23H34O. The fourth-order valence-corrected chi connectivity index (χ4v) is 3.30. The molecule has 0 bridgehead atoms. The first-order valence-electron chi connectivity index (χ1n) is 9.60. The van der Waals surface area contributed by atoms with Gasteiger partial charge in [-0.25, -0.2) is 0 Å². The largest absolute Gasteiger partial charge is 0.501 e. The minimum absolute atomic E-state index is 0.720. The van der Waals surface area contributed by atoms with Crippen LogP contribution in [0, 0.1) is 5.92 Å². The lowest BCUT2D eigenvalue weighted by Crippen LogP contribution is -2.03. The SMILES string of the molecule is CC(C)=CCCC(C)CCO/C=C(\C)c1ccc2c(c1)CCCC2. The molecule has 132 valence electrons. The van der Waals surface area contributed by atoms with Gasteiger partial charge in [-0.15, -0.1) is 0 Å². The number of hydrogen-bond donors (Lipinski definition) is 0. The summed E-state index contributed by atoms with van der Waals surface area (Å²) >= 11 is 0. The van der Waals surface area contributed by atoms with Gasteiger partial charge in [0.25, 0.3) is 0 Å². The summed E-state index contributed by atoms with van der Waals surface area (Å²) < 4.78 is 5.81. The van der Waals surface area contributed by atoms with Gasteiger partial charge in [-0.3, -0.25) is 0 Å². The minimum atomic E-state index is 0.720. The average Bonchev–Trinajstić information content (AvgIpc) is 2.57. The van der Waals surface area contributed by atoms with Crippen molar-refractivity contribution in [2.24, 2.45) is 5.92 Å². The van der Waals surface area contributed by atoms with Crippen molar-refractivity contribution in [2.45, 2.75) is 72.6 Å². The van der Waals surface area contributed by atoms with Crippen molar-refractivity contribution in [1.82, 2.24) is 0 Å². The molecule has 0 spiro atoms. The van der Waals surface area contributed by atoms with Crippen molar-refractivity contribution in [3.8, 4) is 0 Å². The summed E-state index contributed by atoms with van der Waals surface area (Å²) in [6.45, 7) is 9.63. The van der Waals surface area contributed by atoms with Gasteiger partial charge >= 0.3 is 0 Å². The Morgan fingerprint density at radius 3 is 2.58 bits per heavy atom. The standard InChI is InChI=1S/C23H34O/c1-18(2)8-7-9-19(3)14-15-24-17-20(4)22-13-12-21-10-5-6-11-23(21)16-22/h8,12-13,16-17,19H,5-7,9-11,14-15H2,1-4H3/b20-17+. The monoisotopic (exact) mass is 326 g/mol. The maximum Gasteiger partial charge on any atom is 0.0876 e. The Balaban J connectivity index is 1.76. The van der Waals surface area contributed by atoms with E-state index < -0.39 is 0 Å². The van der Waals surface area contributed by atoms with Crippen LogP contribution >= 0.6 is 0 Å². The highest BCUT2D eigenvalue weighted by atomic mass is 16.5. The number of ether oxygens (including phenoxy) is 1. The van der Waals surface area contributed by atoms with E-state index in [0.29, 0.717) is 0 Å². The highest BCUT2D eigenvalue weighted by Crippen LogP contribution is 2.25. The Bertz CT molecular complexity index is 576. The molecule has 2 rings (SSSR count). The zero-order chi connectivity index (χ0) is 17.4. The van der Waals surface area contributed by atoms with Crippen LogP contribution in [0.1, 0.15) is 76.5 Å². The summed E-state index contributed by atoms with van der Waals surface area (Å²) in [7, 11) is 0. The fourth-order valence-electron chi connectivity index (χ4n) is 3.30. The van der Waals surface area contributed by atoms with Gasteiger partial charge in [0.1, 0.15) is 0 Å². The van der Waals surface area contributed by atoms with Gasteiger partial charge in [-0.05, 0) is 93.9 Å². The first-order valence-corrected chi connectivity index (χ1v) is 9.60. The van der Waals surface area contributed by atoms with Crippen LogP contribution in [-0.2, 0) is 17.6 Å². The van der Waals surface area contributed by atoms with Crippen LogP contribution in [-0.4, -0.2) is 6.61 Å². The number of aryl methyl sites for hydroxylation is 2. The lowest BCUT2D eigenvalue weighted by molar-refractivity contribution is 0.224. The van der Waals surface area contributed by atoms with E-state index in [0.717, 1.165) is 18.9 Å². The Hall–Kier alpha value is -1.50. The highest BCUT2D eigenvalue weighted by Gasteiger charge is 2.10. The van der Waals surface area contributed by atoms with Crippen LogP contribution in [0.4, 0.5) is 0 Å². The molecule has 0 saturated carbocycles. The molecule has 0 aromatic heterocycles. The van der Waals surface area contributed by atoms with Crippen LogP contribution in [0.25, 0.3) is 5.57 Å². The number of allylic oxidation sites excluding steroid dienone is 3. The van der Waals surface area contributed by atoms with E-state index >= 15 is 0 Å². The molecule has 1 aromatic rings. The molecular weight excluding hydrogens is 292 g/mol. The molecule has 0 radical (unpaired) electrons. The molecule has 1 atom stereocenters. The summed E-state index contributed by atoms with van der Waals surface area (Å²) in [5, 5.41) is 0. The third-order valence-electron chi connectivity index (χ3n) is 5.00. The predicted molar refractivity (Wildman–Crippen MR) is 105 cm³/mol. The van der Waals surface area contributed by atoms with Crippen LogP contribution in [0.5, 0.6) is 0 Å². The topological polar surface area (TPSA) is 9.23 Å². The molecule has 0 heterocycles. The quantitative estimate of drug-likeness (QED) is 0.293. The third-order valence-corrected chi connectivity index (χ3v) is 5.00. The lowest BCUT2D eigenvalue weighted by atomic mass is 9.89. The van der Waals surface area contributed by atoms with E-state index in [9.17, 15) is 0 Å². The minimum Gasteiger partial charge on any atom is -0.501 e. The van der Waals surface area contributed by atoms with Gasteiger partial charge in [0.05, 0.1) is 12.9 Å². The average molecular weight is 327 g/mol. The molecule has 0 aliphatic heterocycles. The number of hydrogen-bond acceptors (Lipinski definition) is 1. The molecule has 0 saturated heterocycles. The van der Waals surface area contributed by atoms with Gasteiger partial charge in [0, 0.05) is 0 Å². The van der Waals surface area contributed by atoms with E-state index in [2.05, 4.69) is 52.0 Å². The van der Waals surface area contributed by atoms with Gasteiger partial charge < -0.3 is 4.74 Å². The number of rotatable bonds is 8. The maximum absolute atomic E-state index is 5.81. The first kappa shape index (κ1) is 18.8. The molecule has 1 heteroatoms. The smallest absolute Gasteiger partial charge is 0.0876 e. The van der Waals surface area contributed by atoms with E-state index in [4.69, 9.17) is 4.74 Å². The molecule has 1 nitrogen and oxygen atoms in total. The van der Waals surface area contributed by atoms with Crippen LogP contribution < -0.4 is 0 Å². The van der Waals surface area contributed by atoms with Crippen LogP contribution in [0.2, 0.25) is 0 Å². The predicted octanol–water partition coefficient (Wildman–Crippen LogP) is 6.72. The van der Waals surface area contributed by atoms with E-state index in [1.807, 2.05) is 6.26 Å². The zero-order valence-corrected chi connectivity index (χ0v) is 16.0. The van der Waals surface area contributed by atoms with Crippen molar-refractivity contribution in [1.29, 1.82) is 0 Å². The van der Waals surface area contributed by atoms with Crippen molar-refractivity contribution in [3.05, 3.63) is 52.8 Å². The van der Waals surface area contributed by atoms with Crippen LogP contribution in [0.15, 0.2) is 36.1 Å². The van der Waals surface area contributed by atoms with Gasteiger partial charge in [-0.2, -0.15) is 0 Å². The van der Waals surface area contributed by atoms with Crippen LogP contribution in [0.3, 0.4) is 0 Å². The summed E-state index contributed by atoms with van der Waals surface area (Å²) in [4.78, 5) is 0. The Labute approximate surface area is 148 Å². The van der Waals surface area contributed by atoms with Gasteiger partial charge in [0.2, 0.25) is 0 Å². The molecule has 0 N–H and O–H groups in total. The summed E-state index contributed by atoms with van der Waals surface area (Å²) in [5.41, 5.74) is 7.05.